The number of allylic oxidation sites excluding steroid dienone is 4. The highest BCUT2D eigenvalue weighted by molar-refractivity contribution is 6.31. The van der Waals surface area contributed by atoms with Crippen molar-refractivity contribution in [3.63, 3.8) is 0 Å². The summed E-state index contributed by atoms with van der Waals surface area (Å²) in [7, 11) is 0. The van der Waals surface area contributed by atoms with Gasteiger partial charge in [-0.05, 0) is 12.5 Å². The molecule has 0 saturated carbocycles. The van der Waals surface area contributed by atoms with Gasteiger partial charge in [0.25, 0.3) is 0 Å². The third-order valence-electron chi connectivity index (χ3n) is 1.32. The molecule has 0 spiro atoms. The highest BCUT2D eigenvalue weighted by Crippen LogP contribution is 2.31. The third kappa shape index (κ3) is 2.74. The van der Waals surface area contributed by atoms with Crippen LogP contribution in [0.2, 0.25) is 0 Å². The highest BCUT2D eigenvalue weighted by atomic mass is 35.5. The topological polar surface area (TPSA) is 0 Å². The molecule has 0 N–H and O–H groups in total. The summed E-state index contributed by atoms with van der Waals surface area (Å²) in [5.41, 5.74) is -0.943. The molecule has 0 radical (unpaired) electrons. The van der Waals surface area contributed by atoms with Crippen molar-refractivity contribution in [1.29, 1.82) is 0 Å². The molecular formula is C8H8ClF3. The first-order valence-electron chi connectivity index (χ1n) is 3.06. The van der Waals surface area contributed by atoms with Crippen LogP contribution < -0.4 is 0 Å². The van der Waals surface area contributed by atoms with Gasteiger partial charge in [0.1, 0.15) is 0 Å². The van der Waals surface area contributed by atoms with Crippen molar-refractivity contribution in [3.8, 4) is 0 Å². The van der Waals surface area contributed by atoms with Crippen LogP contribution in [0.15, 0.2) is 35.4 Å². The van der Waals surface area contributed by atoms with E-state index >= 15 is 0 Å². The molecule has 0 aromatic heterocycles. The third-order valence-corrected chi connectivity index (χ3v) is 1.60. The summed E-state index contributed by atoms with van der Waals surface area (Å²) in [6, 6.07) is 0. The largest absolute Gasteiger partial charge is 0.416 e. The van der Waals surface area contributed by atoms with Crippen LogP contribution in [0.5, 0.6) is 0 Å². The Morgan fingerprint density at radius 1 is 1.42 bits per heavy atom. The molecule has 0 fully saturated rings. The zero-order valence-corrected chi connectivity index (χ0v) is 7.26. The maximum absolute atomic E-state index is 12.1. The monoisotopic (exact) mass is 196 g/mol. The molecular weight excluding hydrogens is 189 g/mol. The molecule has 0 amide bonds. The van der Waals surface area contributed by atoms with Crippen LogP contribution in [0, 0.1) is 0 Å². The minimum absolute atomic E-state index is 0.0980. The van der Waals surface area contributed by atoms with E-state index in [1.807, 2.05) is 0 Å². The summed E-state index contributed by atoms with van der Waals surface area (Å²) in [5, 5.41) is -0.123. The van der Waals surface area contributed by atoms with Gasteiger partial charge in [0, 0.05) is 5.03 Å². The average molecular weight is 197 g/mol. The zero-order valence-electron chi connectivity index (χ0n) is 6.50. The van der Waals surface area contributed by atoms with Crippen LogP contribution in [0.4, 0.5) is 13.2 Å². The van der Waals surface area contributed by atoms with E-state index in [0.29, 0.717) is 0 Å². The number of alkyl halides is 3. The first-order chi connectivity index (χ1) is 5.30. The number of halogens is 4. The van der Waals surface area contributed by atoms with Crippen molar-refractivity contribution in [2.75, 3.05) is 0 Å². The van der Waals surface area contributed by atoms with Gasteiger partial charge in [0.2, 0.25) is 0 Å². The van der Waals surface area contributed by atoms with Crippen molar-refractivity contribution in [2.45, 2.75) is 13.1 Å². The molecule has 0 aliphatic heterocycles. The second-order valence-electron chi connectivity index (χ2n) is 2.15. The van der Waals surface area contributed by atoms with Gasteiger partial charge in [-0.25, -0.2) is 0 Å². The van der Waals surface area contributed by atoms with E-state index in [9.17, 15) is 13.2 Å². The van der Waals surface area contributed by atoms with Crippen LogP contribution >= 0.6 is 11.6 Å². The van der Waals surface area contributed by atoms with Crippen LogP contribution in [0.1, 0.15) is 6.92 Å². The summed E-state index contributed by atoms with van der Waals surface area (Å²) in [6.07, 6.45) is -3.69. The lowest BCUT2D eigenvalue weighted by Crippen LogP contribution is -2.11. The zero-order chi connectivity index (χ0) is 9.94. The van der Waals surface area contributed by atoms with Crippen LogP contribution in [0.3, 0.4) is 0 Å². The Hall–Kier alpha value is -0.700. The molecule has 0 aromatic rings. The van der Waals surface area contributed by atoms with Gasteiger partial charge >= 0.3 is 6.18 Å². The Labute approximate surface area is 74.0 Å². The van der Waals surface area contributed by atoms with Crippen molar-refractivity contribution in [3.05, 3.63) is 35.4 Å². The number of rotatable bonds is 2. The highest BCUT2D eigenvalue weighted by Gasteiger charge is 2.33. The quantitative estimate of drug-likeness (QED) is 0.590. The molecule has 0 rings (SSSR count). The summed E-state index contributed by atoms with van der Waals surface area (Å²) >= 11 is 5.31. The first-order valence-corrected chi connectivity index (χ1v) is 3.43. The van der Waals surface area contributed by atoms with Gasteiger partial charge in [-0.3, -0.25) is 0 Å². The fraction of sp³-hybridized carbons (Fsp3) is 0.250. The fourth-order valence-electron chi connectivity index (χ4n) is 0.628. The number of hydrogen-bond acceptors (Lipinski definition) is 0. The summed E-state index contributed by atoms with van der Waals surface area (Å²) in [4.78, 5) is 0. The maximum atomic E-state index is 12.1. The molecule has 4 heteroatoms. The van der Waals surface area contributed by atoms with E-state index in [4.69, 9.17) is 11.6 Å². The first kappa shape index (κ1) is 11.3. The molecule has 0 aliphatic carbocycles. The Morgan fingerprint density at radius 3 is 1.92 bits per heavy atom. The van der Waals surface area contributed by atoms with Gasteiger partial charge in [0.15, 0.2) is 0 Å². The number of hydrogen-bond donors (Lipinski definition) is 0. The summed E-state index contributed by atoms with van der Waals surface area (Å²) in [5.74, 6) is 0. The van der Waals surface area contributed by atoms with Crippen LogP contribution in [-0.4, -0.2) is 6.18 Å². The van der Waals surface area contributed by atoms with Gasteiger partial charge in [-0.1, -0.05) is 30.8 Å². The Bertz CT molecular complexity index is 235. The van der Waals surface area contributed by atoms with E-state index in [1.54, 1.807) is 0 Å². The lowest BCUT2D eigenvalue weighted by atomic mass is 10.1. The van der Waals surface area contributed by atoms with Crippen LogP contribution in [-0.2, 0) is 0 Å². The van der Waals surface area contributed by atoms with Gasteiger partial charge in [-0.2, -0.15) is 13.2 Å². The van der Waals surface area contributed by atoms with E-state index in [2.05, 4.69) is 13.2 Å². The normalized spacial score (nSPS) is 13.8. The standard InChI is InChI=1S/C8H8ClF3/c1-4-7(8(10,11)12)5(2)6(3)9/h4H,1,3H2,2H3/b7-5+. The molecule has 0 aliphatic rings. The predicted octanol–water partition coefficient (Wildman–Crippen LogP) is 3.80. The minimum Gasteiger partial charge on any atom is -0.166 e. The summed E-state index contributed by atoms with van der Waals surface area (Å²) < 4.78 is 36.3. The molecule has 0 unspecified atom stereocenters. The Morgan fingerprint density at radius 2 is 1.83 bits per heavy atom. The fourth-order valence-corrected chi connectivity index (χ4v) is 0.729. The molecule has 0 heterocycles. The van der Waals surface area contributed by atoms with Crippen molar-refractivity contribution in [2.24, 2.45) is 0 Å². The van der Waals surface area contributed by atoms with E-state index < -0.39 is 11.7 Å². The molecule has 0 bridgehead atoms. The Kier molecular flexibility index (Phi) is 3.58. The van der Waals surface area contributed by atoms with Crippen LogP contribution in [0.25, 0.3) is 0 Å². The molecule has 0 aromatic carbocycles. The minimum atomic E-state index is -4.41. The molecule has 0 atom stereocenters. The average Bonchev–Trinajstić information content (AvgIpc) is 1.85. The van der Waals surface area contributed by atoms with E-state index in [0.717, 1.165) is 6.08 Å². The smallest absolute Gasteiger partial charge is 0.166 e. The SMILES string of the molecule is C=C/C(=C(/C)C(=C)Cl)C(F)(F)F. The predicted molar refractivity (Wildman–Crippen MR) is 43.9 cm³/mol. The Balaban J connectivity index is 5.14. The van der Waals surface area contributed by atoms with Crippen molar-refractivity contribution < 1.29 is 13.2 Å². The van der Waals surface area contributed by atoms with Gasteiger partial charge < -0.3 is 0 Å². The van der Waals surface area contributed by atoms with E-state index in [-0.39, 0.29) is 10.6 Å². The lowest BCUT2D eigenvalue weighted by molar-refractivity contribution is -0.0887. The second-order valence-corrected chi connectivity index (χ2v) is 2.60. The van der Waals surface area contributed by atoms with Crippen molar-refractivity contribution >= 4 is 11.6 Å². The second kappa shape index (κ2) is 3.81. The van der Waals surface area contributed by atoms with Gasteiger partial charge in [0.05, 0.1) is 5.57 Å². The maximum Gasteiger partial charge on any atom is 0.416 e. The van der Waals surface area contributed by atoms with Gasteiger partial charge in [-0.15, -0.1) is 0 Å². The molecule has 0 nitrogen and oxygen atoms in total. The van der Waals surface area contributed by atoms with Crippen molar-refractivity contribution in [1.82, 2.24) is 0 Å². The molecule has 12 heavy (non-hydrogen) atoms. The molecule has 68 valence electrons. The molecule has 0 saturated heterocycles. The summed E-state index contributed by atoms with van der Waals surface area (Å²) in [6.45, 7) is 7.50. The van der Waals surface area contributed by atoms with E-state index in [1.165, 1.54) is 6.92 Å². The lowest BCUT2D eigenvalue weighted by Gasteiger charge is -2.10.